The van der Waals surface area contributed by atoms with Crippen molar-refractivity contribution < 1.29 is 35.8 Å². The van der Waals surface area contributed by atoms with Crippen LogP contribution in [0.2, 0.25) is 0 Å². The number of rotatable bonds is 8. The number of hydrogen-bond acceptors (Lipinski definition) is 2. The number of ether oxygens (including phenoxy) is 2. The van der Waals surface area contributed by atoms with Crippen LogP contribution in [0.15, 0.2) is 12.1 Å². The molecule has 0 bridgehead atoms. The van der Waals surface area contributed by atoms with Gasteiger partial charge in [-0.2, -0.15) is 8.78 Å². The lowest BCUT2D eigenvalue weighted by Crippen LogP contribution is -2.23. The Morgan fingerprint density at radius 3 is 1.36 bits per heavy atom. The van der Waals surface area contributed by atoms with Crippen molar-refractivity contribution >= 4 is 0 Å². The molecule has 0 saturated carbocycles. The first kappa shape index (κ1) is 18.4. The number of benzene rings is 1. The third kappa shape index (κ3) is 4.99. The van der Waals surface area contributed by atoms with E-state index in [4.69, 9.17) is 0 Å². The van der Waals surface area contributed by atoms with Gasteiger partial charge in [0.05, 0.1) is 0 Å². The highest BCUT2D eigenvalue weighted by Gasteiger charge is 2.21. The van der Waals surface area contributed by atoms with Gasteiger partial charge in [0.1, 0.15) is 25.6 Å². The lowest BCUT2D eigenvalue weighted by molar-refractivity contribution is 0.112. The maximum atomic E-state index is 13.6. The maximum Gasteiger partial charge on any atom is 0.204 e. The highest BCUT2D eigenvalue weighted by atomic mass is 19.2. The summed E-state index contributed by atoms with van der Waals surface area (Å²) >= 11 is 0. The third-order valence-electron chi connectivity index (χ3n) is 2.80. The first-order valence-corrected chi connectivity index (χ1v) is 6.53. The zero-order chi connectivity index (χ0) is 16.9. The van der Waals surface area contributed by atoms with Gasteiger partial charge in [-0.05, 0) is 26.0 Å². The molecule has 0 radical (unpaired) electrons. The fourth-order valence-electron chi connectivity index (χ4n) is 1.34. The summed E-state index contributed by atoms with van der Waals surface area (Å²) in [7, 11) is 0. The second-order valence-electron chi connectivity index (χ2n) is 4.70. The summed E-state index contributed by atoms with van der Waals surface area (Å²) in [5.74, 6) is -4.24. The van der Waals surface area contributed by atoms with Gasteiger partial charge >= 0.3 is 0 Å². The Morgan fingerprint density at radius 2 is 1.09 bits per heavy atom. The van der Waals surface area contributed by atoms with E-state index in [2.05, 4.69) is 9.47 Å². The quantitative estimate of drug-likeness (QED) is 0.668. The Morgan fingerprint density at radius 1 is 0.773 bits per heavy atom. The summed E-state index contributed by atoms with van der Waals surface area (Å²) in [5, 5.41) is 0. The van der Waals surface area contributed by atoms with Crippen molar-refractivity contribution in [1.29, 1.82) is 0 Å². The molecule has 2 nitrogen and oxygen atoms in total. The summed E-state index contributed by atoms with van der Waals surface area (Å²) in [6.45, 7) is 0.336. The molecule has 4 atom stereocenters. The van der Waals surface area contributed by atoms with E-state index in [9.17, 15) is 26.3 Å². The summed E-state index contributed by atoms with van der Waals surface area (Å²) in [6, 6.07) is 1.85. The summed E-state index contributed by atoms with van der Waals surface area (Å²) in [5.41, 5.74) is 0. The molecule has 1 rings (SSSR count). The first-order valence-electron chi connectivity index (χ1n) is 6.53. The predicted octanol–water partition coefficient (Wildman–Crippen LogP) is 4.11. The van der Waals surface area contributed by atoms with Crippen molar-refractivity contribution in [3.63, 3.8) is 0 Å². The minimum Gasteiger partial charge on any atom is -0.487 e. The van der Waals surface area contributed by atoms with Crippen LogP contribution in [0.25, 0.3) is 0 Å². The number of alkyl halides is 4. The average molecular weight is 330 g/mol. The molecule has 8 heteroatoms. The van der Waals surface area contributed by atoms with Crippen LogP contribution in [-0.4, -0.2) is 37.9 Å². The molecule has 0 saturated heterocycles. The zero-order valence-electron chi connectivity index (χ0n) is 12.0. The lowest BCUT2D eigenvalue weighted by Gasteiger charge is -2.15. The van der Waals surface area contributed by atoms with E-state index in [1.54, 1.807) is 0 Å². The average Bonchev–Trinajstić information content (AvgIpc) is 2.46. The molecule has 0 spiro atoms. The van der Waals surface area contributed by atoms with Gasteiger partial charge in [-0.1, -0.05) is 0 Å². The Bertz CT molecular complexity index is 438. The minimum atomic E-state index is -1.99. The maximum absolute atomic E-state index is 13.6. The molecule has 0 aromatic heterocycles. The van der Waals surface area contributed by atoms with Crippen LogP contribution in [0.3, 0.4) is 0 Å². The highest BCUT2D eigenvalue weighted by Crippen LogP contribution is 2.28. The van der Waals surface area contributed by atoms with Crippen LogP contribution >= 0.6 is 0 Å². The van der Waals surface area contributed by atoms with Gasteiger partial charge in [-0.25, -0.2) is 17.6 Å². The Kier molecular flexibility index (Phi) is 6.83. The van der Waals surface area contributed by atoms with E-state index in [0.717, 1.165) is 26.0 Å². The molecule has 0 aliphatic carbocycles. The molecule has 126 valence electrons. The van der Waals surface area contributed by atoms with Crippen LogP contribution in [0.4, 0.5) is 26.3 Å². The normalized spacial score (nSPS) is 16.7. The van der Waals surface area contributed by atoms with Crippen molar-refractivity contribution in [3.05, 3.63) is 23.8 Å². The van der Waals surface area contributed by atoms with E-state index in [-0.39, 0.29) is 0 Å². The highest BCUT2D eigenvalue weighted by molar-refractivity contribution is 5.35. The fourth-order valence-corrected chi connectivity index (χ4v) is 1.34. The number of halogens is 6. The van der Waals surface area contributed by atoms with Crippen molar-refractivity contribution in [3.8, 4) is 11.5 Å². The first-order chi connectivity index (χ1) is 10.2. The largest absolute Gasteiger partial charge is 0.487 e. The van der Waals surface area contributed by atoms with Gasteiger partial charge in [-0.15, -0.1) is 0 Å². The molecule has 0 N–H and O–H groups in total. The van der Waals surface area contributed by atoms with Crippen molar-refractivity contribution in [2.75, 3.05) is 13.2 Å². The van der Waals surface area contributed by atoms with Gasteiger partial charge < -0.3 is 9.47 Å². The number of hydrogen-bond donors (Lipinski definition) is 0. The molecule has 0 aliphatic rings. The van der Waals surface area contributed by atoms with Gasteiger partial charge in [0.25, 0.3) is 0 Å². The van der Waals surface area contributed by atoms with Crippen LogP contribution in [-0.2, 0) is 0 Å². The Hall–Kier alpha value is -1.60. The predicted molar refractivity (Wildman–Crippen MR) is 68.3 cm³/mol. The molecular weight excluding hydrogens is 314 g/mol. The summed E-state index contributed by atoms with van der Waals surface area (Å²) in [4.78, 5) is 0. The molecule has 0 fully saturated rings. The SMILES string of the molecule is CC(F)C(F)COc1ccc(OCC(F)C(C)F)c(F)c1F. The van der Waals surface area contributed by atoms with Gasteiger partial charge in [-0.3, -0.25) is 0 Å². The van der Waals surface area contributed by atoms with Gasteiger partial charge in [0.2, 0.25) is 11.6 Å². The molecule has 22 heavy (non-hydrogen) atoms. The molecule has 1 aromatic carbocycles. The Balaban J connectivity index is 2.71. The molecule has 1 aromatic rings. The second-order valence-corrected chi connectivity index (χ2v) is 4.70. The molecule has 0 amide bonds. The minimum absolute atomic E-state index is 0.635. The molecular formula is C14H16F6O2. The standard InChI is InChI=1S/C14H16F6O2/c1-7(15)9(17)5-21-11-3-4-12(14(20)13(11)19)22-6-10(18)8(2)16/h3-4,7-10H,5-6H2,1-2H3. The fraction of sp³-hybridized carbons (Fsp3) is 0.571. The smallest absolute Gasteiger partial charge is 0.204 e. The Labute approximate surface area is 124 Å². The topological polar surface area (TPSA) is 18.5 Å². The zero-order valence-corrected chi connectivity index (χ0v) is 12.0. The molecule has 0 aliphatic heterocycles. The van der Waals surface area contributed by atoms with E-state index in [1.165, 1.54) is 0 Å². The van der Waals surface area contributed by atoms with Crippen LogP contribution < -0.4 is 9.47 Å². The van der Waals surface area contributed by atoms with Gasteiger partial charge in [0.15, 0.2) is 23.8 Å². The van der Waals surface area contributed by atoms with Crippen LogP contribution in [0.1, 0.15) is 13.8 Å². The van der Waals surface area contributed by atoms with E-state index >= 15 is 0 Å². The van der Waals surface area contributed by atoms with Crippen molar-refractivity contribution in [2.24, 2.45) is 0 Å². The molecule has 0 heterocycles. The summed E-state index contributed by atoms with van der Waals surface area (Å²) < 4.78 is 87.7. The monoisotopic (exact) mass is 330 g/mol. The van der Waals surface area contributed by atoms with Gasteiger partial charge in [0, 0.05) is 0 Å². The second kappa shape index (κ2) is 8.14. The van der Waals surface area contributed by atoms with E-state index in [1.807, 2.05) is 0 Å². The van der Waals surface area contributed by atoms with Crippen LogP contribution in [0.5, 0.6) is 11.5 Å². The third-order valence-corrected chi connectivity index (χ3v) is 2.80. The van der Waals surface area contributed by atoms with E-state index < -0.39 is 61.0 Å². The summed E-state index contributed by atoms with van der Waals surface area (Å²) in [6.07, 6.45) is -7.62. The lowest BCUT2D eigenvalue weighted by atomic mass is 10.2. The van der Waals surface area contributed by atoms with Crippen molar-refractivity contribution in [2.45, 2.75) is 38.5 Å². The van der Waals surface area contributed by atoms with Crippen molar-refractivity contribution in [1.82, 2.24) is 0 Å². The molecule has 4 unspecified atom stereocenters. The van der Waals surface area contributed by atoms with E-state index in [0.29, 0.717) is 0 Å². The van der Waals surface area contributed by atoms with Crippen LogP contribution in [0, 0.1) is 11.6 Å².